The minimum absolute atomic E-state index is 0.902. The Balaban J connectivity index is 1.52. The molecule has 3 nitrogen and oxygen atoms in total. The van der Waals surface area contributed by atoms with E-state index in [0.717, 1.165) is 43.1 Å². The van der Waals surface area contributed by atoms with Gasteiger partial charge in [-0.1, -0.05) is 13.3 Å². The molecule has 3 rings (SSSR count). The highest BCUT2D eigenvalue weighted by Gasteiger charge is 2.38. The lowest BCUT2D eigenvalue weighted by Crippen LogP contribution is -2.20. The van der Waals surface area contributed by atoms with Crippen molar-refractivity contribution in [2.24, 2.45) is 17.8 Å². The van der Waals surface area contributed by atoms with Gasteiger partial charge in [0.1, 0.15) is 5.82 Å². The van der Waals surface area contributed by atoms with Gasteiger partial charge in [-0.2, -0.15) is 0 Å². The number of rotatable bonds is 6. The standard InChI is InChI=1S/C16H25N3/c1-2-6-17-16-10-15(5-7-18-16)19-11-14-9-12-3-4-13(14)8-12/h5,7,10,12-14H,2-4,6,8-9,11H2,1H3,(H2,17,18,19). The molecule has 2 aliphatic rings. The second-order valence-corrected chi connectivity index (χ2v) is 6.17. The highest BCUT2D eigenvalue weighted by atomic mass is 15.0. The monoisotopic (exact) mass is 259 g/mol. The van der Waals surface area contributed by atoms with Crippen LogP contribution in [-0.2, 0) is 0 Å². The second kappa shape index (κ2) is 5.81. The molecule has 3 heteroatoms. The van der Waals surface area contributed by atoms with Gasteiger partial charge in [0.15, 0.2) is 0 Å². The molecule has 2 fully saturated rings. The minimum Gasteiger partial charge on any atom is -0.385 e. The van der Waals surface area contributed by atoms with Crippen molar-refractivity contribution >= 4 is 11.5 Å². The van der Waals surface area contributed by atoms with E-state index in [2.05, 4.69) is 34.7 Å². The maximum Gasteiger partial charge on any atom is 0.127 e. The summed E-state index contributed by atoms with van der Waals surface area (Å²) in [5, 5.41) is 6.95. The van der Waals surface area contributed by atoms with Gasteiger partial charge in [0.2, 0.25) is 0 Å². The highest BCUT2D eigenvalue weighted by molar-refractivity contribution is 5.51. The summed E-state index contributed by atoms with van der Waals surface area (Å²) in [5.74, 6) is 3.92. The van der Waals surface area contributed by atoms with Gasteiger partial charge in [-0.05, 0) is 49.5 Å². The van der Waals surface area contributed by atoms with Crippen LogP contribution in [0.3, 0.4) is 0 Å². The van der Waals surface area contributed by atoms with E-state index in [4.69, 9.17) is 0 Å². The lowest BCUT2D eigenvalue weighted by Gasteiger charge is -2.22. The van der Waals surface area contributed by atoms with E-state index < -0.39 is 0 Å². The van der Waals surface area contributed by atoms with Gasteiger partial charge in [-0.15, -0.1) is 0 Å². The van der Waals surface area contributed by atoms with Crippen LogP contribution in [0.2, 0.25) is 0 Å². The van der Waals surface area contributed by atoms with E-state index >= 15 is 0 Å². The molecule has 1 aromatic rings. The van der Waals surface area contributed by atoms with Crippen molar-refractivity contribution in [2.75, 3.05) is 23.7 Å². The molecule has 0 aromatic carbocycles. The largest absolute Gasteiger partial charge is 0.385 e. The molecule has 0 saturated heterocycles. The molecule has 1 aromatic heterocycles. The van der Waals surface area contributed by atoms with Crippen molar-refractivity contribution in [3.63, 3.8) is 0 Å². The summed E-state index contributed by atoms with van der Waals surface area (Å²) in [7, 11) is 0. The van der Waals surface area contributed by atoms with Gasteiger partial charge >= 0.3 is 0 Å². The van der Waals surface area contributed by atoms with Crippen LogP contribution in [0.1, 0.15) is 39.0 Å². The SMILES string of the molecule is CCCNc1cc(NCC2CC3CCC2C3)ccn1. The summed E-state index contributed by atoms with van der Waals surface area (Å²) < 4.78 is 0. The number of nitrogens with one attached hydrogen (secondary N) is 2. The van der Waals surface area contributed by atoms with E-state index in [-0.39, 0.29) is 0 Å². The maximum absolute atomic E-state index is 4.34. The second-order valence-electron chi connectivity index (χ2n) is 6.17. The molecule has 0 amide bonds. The van der Waals surface area contributed by atoms with Crippen LogP contribution in [0.15, 0.2) is 18.3 Å². The first-order chi connectivity index (χ1) is 9.35. The van der Waals surface area contributed by atoms with Crippen LogP contribution in [-0.4, -0.2) is 18.1 Å². The third kappa shape index (κ3) is 3.02. The molecule has 1 heterocycles. The number of aromatic nitrogens is 1. The van der Waals surface area contributed by atoms with Gasteiger partial charge < -0.3 is 10.6 Å². The number of hydrogen-bond donors (Lipinski definition) is 2. The summed E-state index contributed by atoms with van der Waals surface area (Å²) in [6.45, 7) is 4.30. The van der Waals surface area contributed by atoms with Crippen molar-refractivity contribution in [1.82, 2.24) is 4.98 Å². The van der Waals surface area contributed by atoms with Gasteiger partial charge in [-0.3, -0.25) is 0 Å². The first-order valence-corrected chi connectivity index (χ1v) is 7.79. The summed E-state index contributed by atoms with van der Waals surface area (Å²) in [5.41, 5.74) is 1.20. The Hall–Kier alpha value is -1.25. The first kappa shape index (κ1) is 12.8. The summed E-state index contributed by atoms with van der Waals surface area (Å²) in [6, 6.07) is 4.20. The molecule has 2 saturated carbocycles. The predicted octanol–water partition coefficient (Wildman–Crippen LogP) is 3.75. The van der Waals surface area contributed by atoms with Crippen LogP contribution in [0.4, 0.5) is 11.5 Å². The fourth-order valence-corrected chi connectivity index (χ4v) is 3.77. The molecular weight excluding hydrogens is 234 g/mol. The van der Waals surface area contributed by atoms with E-state index in [1.165, 1.54) is 31.4 Å². The average molecular weight is 259 g/mol. The Morgan fingerprint density at radius 1 is 1.26 bits per heavy atom. The third-order valence-corrected chi connectivity index (χ3v) is 4.77. The smallest absolute Gasteiger partial charge is 0.127 e. The molecule has 0 aliphatic heterocycles. The van der Waals surface area contributed by atoms with Crippen molar-refractivity contribution in [3.8, 4) is 0 Å². The van der Waals surface area contributed by atoms with E-state index in [9.17, 15) is 0 Å². The van der Waals surface area contributed by atoms with Gasteiger partial charge in [0.05, 0.1) is 0 Å². The number of anilines is 2. The zero-order valence-corrected chi connectivity index (χ0v) is 11.9. The minimum atomic E-state index is 0.902. The van der Waals surface area contributed by atoms with E-state index in [0.29, 0.717) is 0 Å². The third-order valence-electron chi connectivity index (χ3n) is 4.77. The molecule has 104 valence electrons. The van der Waals surface area contributed by atoms with Crippen molar-refractivity contribution < 1.29 is 0 Å². The molecular formula is C16H25N3. The Labute approximate surface area is 116 Å². The first-order valence-electron chi connectivity index (χ1n) is 7.79. The van der Waals surface area contributed by atoms with Gasteiger partial charge in [-0.25, -0.2) is 4.98 Å². The number of hydrogen-bond acceptors (Lipinski definition) is 3. The van der Waals surface area contributed by atoms with Crippen LogP contribution >= 0.6 is 0 Å². The van der Waals surface area contributed by atoms with E-state index in [1.807, 2.05) is 6.20 Å². The van der Waals surface area contributed by atoms with Gasteiger partial charge in [0, 0.05) is 31.0 Å². The Kier molecular flexibility index (Phi) is 3.90. The van der Waals surface area contributed by atoms with Gasteiger partial charge in [0.25, 0.3) is 0 Å². The fraction of sp³-hybridized carbons (Fsp3) is 0.688. The zero-order chi connectivity index (χ0) is 13.1. The quantitative estimate of drug-likeness (QED) is 0.817. The predicted molar refractivity (Wildman–Crippen MR) is 80.4 cm³/mol. The Morgan fingerprint density at radius 3 is 2.95 bits per heavy atom. The number of pyridine rings is 1. The Morgan fingerprint density at radius 2 is 2.21 bits per heavy atom. The van der Waals surface area contributed by atoms with Crippen molar-refractivity contribution in [1.29, 1.82) is 0 Å². The average Bonchev–Trinajstić information content (AvgIpc) is 3.06. The van der Waals surface area contributed by atoms with E-state index in [1.54, 1.807) is 0 Å². The lowest BCUT2D eigenvalue weighted by molar-refractivity contribution is 0.348. The number of fused-ring (bicyclic) bond motifs is 2. The molecule has 0 spiro atoms. The highest BCUT2D eigenvalue weighted by Crippen LogP contribution is 2.48. The lowest BCUT2D eigenvalue weighted by atomic mass is 9.89. The van der Waals surface area contributed by atoms with Crippen LogP contribution in [0.5, 0.6) is 0 Å². The van der Waals surface area contributed by atoms with Crippen molar-refractivity contribution in [2.45, 2.75) is 39.0 Å². The van der Waals surface area contributed by atoms with Crippen molar-refractivity contribution in [3.05, 3.63) is 18.3 Å². The Bertz CT molecular complexity index is 418. The van der Waals surface area contributed by atoms with Crippen LogP contribution in [0.25, 0.3) is 0 Å². The normalized spacial score (nSPS) is 28.6. The molecule has 0 radical (unpaired) electrons. The van der Waals surface area contributed by atoms with Crippen LogP contribution in [0, 0.1) is 17.8 Å². The summed E-state index contributed by atoms with van der Waals surface area (Å²) in [4.78, 5) is 4.34. The fourth-order valence-electron chi connectivity index (χ4n) is 3.77. The number of nitrogens with zero attached hydrogens (tertiary/aromatic N) is 1. The summed E-state index contributed by atoms with van der Waals surface area (Å²) >= 11 is 0. The molecule has 3 unspecified atom stereocenters. The maximum atomic E-state index is 4.34. The molecule has 2 N–H and O–H groups in total. The topological polar surface area (TPSA) is 37.0 Å². The molecule has 2 aliphatic carbocycles. The summed E-state index contributed by atoms with van der Waals surface area (Å²) in [6.07, 6.45) is 8.92. The zero-order valence-electron chi connectivity index (χ0n) is 11.9. The molecule has 19 heavy (non-hydrogen) atoms. The molecule has 3 atom stereocenters. The molecule has 2 bridgehead atoms. The van der Waals surface area contributed by atoms with Crippen LogP contribution < -0.4 is 10.6 Å².